The van der Waals surface area contributed by atoms with Crippen molar-refractivity contribution < 1.29 is 0 Å². The molecular formula is C20H17N5S2. The van der Waals surface area contributed by atoms with Gasteiger partial charge in [0.25, 0.3) is 0 Å². The number of anilines is 1. The molecule has 0 fully saturated rings. The Labute approximate surface area is 166 Å². The van der Waals surface area contributed by atoms with Crippen LogP contribution in [0.4, 0.5) is 5.82 Å². The molecule has 134 valence electrons. The van der Waals surface area contributed by atoms with Gasteiger partial charge in [-0.15, -0.1) is 11.3 Å². The van der Waals surface area contributed by atoms with Crippen molar-refractivity contribution in [1.82, 2.24) is 20.7 Å². The lowest BCUT2D eigenvalue weighted by atomic mass is 10.2. The van der Waals surface area contributed by atoms with E-state index in [1.54, 1.807) is 17.7 Å². The highest BCUT2D eigenvalue weighted by atomic mass is 32.1. The number of hydrogen-bond acceptors (Lipinski definition) is 5. The number of thiocarbonyl (C=S) groups is 1. The van der Waals surface area contributed by atoms with Crippen LogP contribution in [0.15, 0.2) is 73.1 Å². The standard InChI is InChI=1S/C20H17N5S2/c26-20(21-12-14-7-3-1-4-8-14)25-24-19-18-16(22-13-23-19)11-17(27-18)15-9-5-2-6-10-15/h1-11,13H,12H2,(H2,21,25,26)(H,22,23,24). The molecule has 5 nitrogen and oxygen atoms in total. The smallest absolute Gasteiger partial charge is 0.185 e. The molecule has 0 aliphatic rings. The Kier molecular flexibility index (Phi) is 5.22. The number of nitrogens with zero attached hydrogens (tertiary/aromatic N) is 2. The molecule has 0 saturated carbocycles. The van der Waals surface area contributed by atoms with E-state index in [4.69, 9.17) is 12.2 Å². The Morgan fingerprint density at radius 2 is 1.70 bits per heavy atom. The second-order valence-corrected chi connectivity index (χ2v) is 7.29. The van der Waals surface area contributed by atoms with Gasteiger partial charge in [0.1, 0.15) is 6.33 Å². The molecular weight excluding hydrogens is 374 g/mol. The third kappa shape index (κ3) is 4.21. The first-order valence-corrected chi connectivity index (χ1v) is 9.66. The number of hydrazine groups is 1. The van der Waals surface area contributed by atoms with Crippen LogP contribution in [0.25, 0.3) is 20.7 Å². The number of fused-ring (bicyclic) bond motifs is 1. The van der Waals surface area contributed by atoms with Gasteiger partial charge < -0.3 is 5.32 Å². The van der Waals surface area contributed by atoms with E-state index in [1.165, 1.54) is 5.56 Å². The fourth-order valence-corrected chi connectivity index (χ4v) is 3.81. The predicted octanol–water partition coefficient (Wildman–Crippen LogP) is 4.35. The van der Waals surface area contributed by atoms with Crippen LogP contribution < -0.4 is 16.2 Å². The number of nitrogens with one attached hydrogen (secondary N) is 3. The van der Waals surface area contributed by atoms with E-state index in [9.17, 15) is 0 Å². The lowest BCUT2D eigenvalue weighted by Gasteiger charge is -2.12. The Bertz CT molecular complexity index is 1050. The maximum Gasteiger partial charge on any atom is 0.185 e. The van der Waals surface area contributed by atoms with Crippen LogP contribution in [0, 0.1) is 0 Å². The molecule has 4 aromatic rings. The minimum Gasteiger partial charge on any atom is -0.357 e. The van der Waals surface area contributed by atoms with Gasteiger partial charge in [-0.2, -0.15) is 0 Å². The van der Waals surface area contributed by atoms with Gasteiger partial charge in [0.05, 0.1) is 10.2 Å². The van der Waals surface area contributed by atoms with Gasteiger partial charge in [0.2, 0.25) is 0 Å². The van der Waals surface area contributed by atoms with Gasteiger partial charge >= 0.3 is 0 Å². The van der Waals surface area contributed by atoms with E-state index in [1.807, 2.05) is 48.5 Å². The Morgan fingerprint density at radius 1 is 0.963 bits per heavy atom. The first kappa shape index (κ1) is 17.4. The average molecular weight is 392 g/mol. The van der Waals surface area contributed by atoms with Crippen molar-refractivity contribution >= 4 is 44.7 Å². The van der Waals surface area contributed by atoms with E-state index in [2.05, 4.69) is 44.3 Å². The van der Waals surface area contributed by atoms with Crippen molar-refractivity contribution in [2.75, 3.05) is 5.43 Å². The lowest BCUT2D eigenvalue weighted by molar-refractivity contribution is 0.884. The summed E-state index contributed by atoms with van der Waals surface area (Å²) >= 11 is 6.98. The SMILES string of the molecule is S=C(NCc1ccccc1)NNc1ncnc2cc(-c3ccccc3)sc12. The summed E-state index contributed by atoms with van der Waals surface area (Å²) in [4.78, 5) is 9.87. The Morgan fingerprint density at radius 3 is 2.48 bits per heavy atom. The van der Waals surface area contributed by atoms with Crippen LogP contribution in [-0.2, 0) is 6.54 Å². The van der Waals surface area contributed by atoms with Gasteiger partial charge in [0.15, 0.2) is 10.9 Å². The molecule has 0 saturated heterocycles. The van der Waals surface area contributed by atoms with E-state index in [0.29, 0.717) is 17.5 Å². The van der Waals surface area contributed by atoms with Crippen molar-refractivity contribution in [2.45, 2.75) is 6.54 Å². The molecule has 0 unspecified atom stereocenters. The van der Waals surface area contributed by atoms with Crippen LogP contribution in [0.1, 0.15) is 5.56 Å². The van der Waals surface area contributed by atoms with Gasteiger partial charge in [-0.3, -0.25) is 10.9 Å². The second kappa shape index (κ2) is 8.11. The van der Waals surface area contributed by atoms with Crippen LogP contribution in [0.2, 0.25) is 0 Å². The summed E-state index contributed by atoms with van der Waals surface area (Å²) in [6, 6.07) is 22.4. The highest BCUT2D eigenvalue weighted by Gasteiger charge is 2.10. The Hall–Kier alpha value is -3.03. The topological polar surface area (TPSA) is 61.9 Å². The molecule has 0 bridgehead atoms. The number of thiophene rings is 1. The molecule has 2 aromatic carbocycles. The van der Waals surface area contributed by atoms with Crippen LogP contribution in [0.5, 0.6) is 0 Å². The minimum atomic E-state index is 0.505. The third-order valence-corrected chi connectivity index (χ3v) is 5.39. The fraction of sp³-hybridized carbons (Fsp3) is 0.0500. The first-order chi connectivity index (χ1) is 13.3. The summed E-state index contributed by atoms with van der Waals surface area (Å²) in [5.74, 6) is 0.705. The fourth-order valence-electron chi connectivity index (χ4n) is 2.63. The molecule has 0 amide bonds. The van der Waals surface area contributed by atoms with Crippen LogP contribution >= 0.6 is 23.6 Å². The normalized spacial score (nSPS) is 10.5. The summed E-state index contributed by atoms with van der Waals surface area (Å²) in [5.41, 5.74) is 9.33. The summed E-state index contributed by atoms with van der Waals surface area (Å²) in [5, 5.41) is 3.67. The van der Waals surface area contributed by atoms with Gasteiger partial charge in [-0.05, 0) is 29.4 Å². The van der Waals surface area contributed by atoms with Crippen LogP contribution in [0.3, 0.4) is 0 Å². The molecule has 3 N–H and O–H groups in total. The number of rotatable bonds is 5. The molecule has 0 aliphatic heterocycles. The monoisotopic (exact) mass is 391 g/mol. The van der Waals surface area contributed by atoms with Gasteiger partial charge in [-0.25, -0.2) is 9.97 Å². The maximum absolute atomic E-state index is 5.33. The van der Waals surface area contributed by atoms with Crippen molar-refractivity contribution in [2.24, 2.45) is 0 Å². The third-order valence-electron chi connectivity index (χ3n) is 3.96. The molecule has 2 heterocycles. The predicted molar refractivity (Wildman–Crippen MR) is 115 cm³/mol. The molecule has 0 aliphatic carbocycles. The summed E-state index contributed by atoms with van der Waals surface area (Å²) in [6.45, 7) is 0.657. The summed E-state index contributed by atoms with van der Waals surface area (Å²) in [7, 11) is 0. The van der Waals surface area contributed by atoms with Crippen LogP contribution in [-0.4, -0.2) is 15.1 Å². The quantitative estimate of drug-likeness (QED) is 0.347. The number of benzene rings is 2. The molecule has 0 atom stereocenters. The van der Waals surface area contributed by atoms with Gasteiger partial charge in [-0.1, -0.05) is 60.7 Å². The van der Waals surface area contributed by atoms with Crippen molar-refractivity contribution in [3.63, 3.8) is 0 Å². The number of hydrogen-bond donors (Lipinski definition) is 3. The van der Waals surface area contributed by atoms with E-state index in [0.717, 1.165) is 20.7 Å². The molecule has 7 heteroatoms. The lowest BCUT2D eigenvalue weighted by Crippen LogP contribution is -2.38. The molecule has 27 heavy (non-hydrogen) atoms. The van der Waals surface area contributed by atoms with Crippen molar-refractivity contribution in [1.29, 1.82) is 0 Å². The van der Waals surface area contributed by atoms with E-state index >= 15 is 0 Å². The van der Waals surface area contributed by atoms with Crippen molar-refractivity contribution in [3.8, 4) is 10.4 Å². The number of aromatic nitrogens is 2. The minimum absolute atomic E-state index is 0.505. The summed E-state index contributed by atoms with van der Waals surface area (Å²) < 4.78 is 0.981. The van der Waals surface area contributed by atoms with E-state index < -0.39 is 0 Å². The highest BCUT2D eigenvalue weighted by Crippen LogP contribution is 2.35. The first-order valence-electron chi connectivity index (χ1n) is 8.43. The van der Waals surface area contributed by atoms with E-state index in [-0.39, 0.29) is 0 Å². The zero-order valence-electron chi connectivity index (χ0n) is 14.3. The van der Waals surface area contributed by atoms with Gasteiger partial charge in [0, 0.05) is 11.4 Å². The summed E-state index contributed by atoms with van der Waals surface area (Å²) in [6.07, 6.45) is 1.55. The average Bonchev–Trinajstić information content (AvgIpc) is 3.17. The van der Waals surface area contributed by atoms with Crippen molar-refractivity contribution in [3.05, 3.63) is 78.6 Å². The molecule has 4 rings (SSSR count). The molecule has 0 spiro atoms. The largest absolute Gasteiger partial charge is 0.357 e. The molecule has 2 aromatic heterocycles. The zero-order valence-corrected chi connectivity index (χ0v) is 16.0. The highest BCUT2D eigenvalue weighted by molar-refractivity contribution is 7.80. The maximum atomic E-state index is 5.33. The Balaban J connectivity index is 1.44. The second-order valence-electron chi connectivity index (χ2n) is 5.83. The molecule has 0 radical (unpaired) electrons. The zero-order chi connectivity index (χ0) is 18.5.